The molecule has 1 atom stereocenters. The van der Waals surface area contributed by atoms with Gasteiger partial charge in [0.2, 0.25) is 0 Å². The lowest BCUT2D eigenvalue weighted by Gasteiger charge is -2.13. The third-order valence-corrected chi connectivity index (χ3v) is 2.19. The van der Waals surface area contributed by atoms with Gasteiger partial charge in [0.25, 0.3) is 0 Å². The molecule has 0 fully saturated rings. The SMILES string of the molecule is C=CCCNC(C)c1ccc(O)cc1. The van der Waals surface area contributed by atoms with Gasteiger partial charge in [0.1, 0.15) is 5.75 Å². The van der Waals surface area contributed by atoms with E-state index in [0.29, 0.717) is 11.8 Å². The predicted molar refractivity (Wildman–Crippen MR) is 59.3 cm³/mol. The Labute approximate surface area is 85.3 Å². The summed E-state index contributed by atoms with van der Waals surface area (Å²) in [6.07, 6.45) is 2.87. The Morgan fingerprint density at radius 2 is 2.07 bits per heavy atom. The van der Waals surface area contributed by atoms with E-state index < -0.39 is 0 Å². The molecule has 2 nitrogen and oxygen atoms in total. The first-order valence-electron chi connectivity index (χ1n) is 4.87. The monoisotopic (exact) mass is 191 g/mol. The number of nitrogens with one attached hydrogen (secondary N) is 1. The quantitative estimate of drug-likeness (QED) is 0.554. The minimum Gasteiger partial charge on any atom is -0.508 e. The summed E-state index contributed by atoms with van der Waals surface area (Å²) in [5, 5.41) is 12.5. The summed E-state index contributed by atoms with van der Waals surface area (Å²) >= 11 is 0. The van der Waals surface area contributed by atoms with Gasteiger partial charge in [-0.2, -0.15) is 0 Å². The molecule has 76 valence electrons. The normalized spacial score (nSPS) is 12.4. The van der Waals surface area contributed by atoms with Gasteiger partial charge in [0.05, 0.1) is 0 Å². The summed E-state index contributed by atoms with van der Waals surface area (Å²) in [6, 6.07) is 7.60. The Bertz CT molecular complexity index is 279. The fraction of sp³-hybridized carbons (Fsp3) is 0.333. The van der Waals surface area contributed by atoms with Gasteiger partial charge in [-0.15, -0.1) is 6.58 Å². The van der Waals surface area contributed by atoms with Crippen LogP contribution in [-0.2, 0) is 0 Å². The molecular formula is C12H17NO. The Kier molecular flexibility index (Phi) is 4.20. The summed E-state index contributed by atoms with van der Waals surface area (Å²) in [4.78, 5) is 0. The van der Waals surface area contributed by atoms with Gasteiger partial charge in [-0.1, -0.05) is 18.2 Å². The van der Waals surface area contributed by atoms with Gasteiger partial charge in [-0.05, 0) is 37.6 Å². The molecule has 1 rings (SSSR count). The van der Waals surface area contributed by atoms with Crippen molar-refractivity contribution >= 4 is 0 Å². The number of hydrogen-bond acceptors (Lipinski definition) is 2. The zero-order valence-electron chi connectivity index (χ0n) is 8.53. The zero-order valence-corrected chi connectivity index (χ0v) is 8.53. The summed E-state index contributed by atoms with van der Waals surface area (Å²) in [5.41, 5.74) is 1.19. The standard InChI is InChI=1S/C12H17NO/c1-3-4-9-13-10(2)11-5-7-12(14)8-6-11/h3,5-8,10,13-14H,1,4,9H2,2H3. The second-order valence-corrected chi connectivity index (χ2v) is 3.34. The second-order valence-electron chi connectivity index (χ2n) is 3.34. The average molecular weight is 191 g/mol. The van der Waals surface area contributed by atoms with Crippen LogP contribution in [0.3, 0.4) is 0 Å². The maximum absolute atomic E-state index is 9.12. The first kappa shape index (κ1) is 10.8. The zero-order chi connectivity index (χ0) is 10.4. The molecule has 0 saturated heterocycles. The minimum absolute atomic E-state index is 0.312. The third kappa shape index (κ3) is 3.23. The van der Waals surface area contributed by atoms with Crippen molar-refractivity contribution in [1.82, 2.24) is 5.32 Å². The van der Waals surface area contributed by atoms with Crippen molar-refractivity contribution in [3.63, 3.8) is 0 Å². The molecule has 14 heavy (non-hydrogen) atoms. The molecule has 0 radical (unpaired) electrons. The summed E-state index contributed by atoms with van der Waals surface area (Å²) in [5.74, 6) is 0.312. The Balaban J connectivity index is 2.47. The first-order chi connectivity index (χ1) is 6.74. The lowest BCUT2D eigenvalue weighted by atomic mass is 10.1. The van der Waals surface area contributed by atoms with Gasteiger partial charge in [0, 0.05) is 6.04 Å². The molecule has 0 aliphatic rings. The van der Waals surface area contributed by atoms with Crippen LogP contribution in [0.2, 0.25) is 0 Å². The van der Waals surface area contributed by atoms with Crippen LogP contribution < -0.4 is 5.32 Å². The van der Waals surface area contributed by atoms with E-state index >= 15 is 0 Å². The minimum atomic E-state index is 0.312. The topological polar surface area (TPSA) is 32.3 Å². The Morgan fingerprint density at radius 3 is 2.64 bits per heavy atom. The van der Waals surface area contributed by atoms with Gasteiger partial charge < -0.3 is 10.4 Å². The Hall–Kier alpha value is -1.28. The maximum atomic E-state index is 9.12. The molecule has 2 N–H and O–H groups in total. The van der Waals surface area contributed by atoms with Crippen molar-refractivity contribution in [3.8, 4) is 5.75 Å². The van der Waals surface area contributed by atoms with Crippen molar-refractivity contribution in [3.05, 3.63) is 42.5 Å². The number of aromatic hydroxyl groups is 1. The van der Waals surface area contributed by atoms with Crippen molar-refractivity contribution in [2.24, 2.45) is 0 Å². The first-order valence-corrected chi connectivity index (χ1v) is 4.87. The predicted octanol–water partition coefficient (Wildman–Crippen LogP) is 2.62. The van der Waals surface area contributed by atoms with Crippen LogP contribution in [0.4, 0.5) is 0 Å². The fourth-order valence-corrected chi connectivity index (χ4v) is 1.28. The summed E-state index contributed by atoms with van der Waals surface area (Å²) in [7, 11) is 0. The second kappa shape index (κ2) is 5.45. The van der Waals surface area contributed by atoms with Crippen LogP contribution in [0.5, 0.6) is 5.75 Å². The molecule has 1 aromatic rings. The molecule has 0 heterocycles. The number of rotatable bonds is 5. The van der Waals surface area contributed by atoms with Crippen LogP contribution in [-0.4, -0.2) is 11.7 Å². The largest absolute Gasteiger partial charge is 0.508 e. The third-order valence-electron chi connectivity index (χ3n) is 2.19. The molecule has 1 unspecified atom stereocenters. The van der Waals surface area contributed by atoms with Gasteiger partial charge >= 0.3 is 0 Å². The maximum Gasteiger partial charge on any atom is 0.115 e. The molecule has 0 spiro atoms. The van der Waals surface area contributed by atoms with Gasteiger partial charge in [-0.25, -0.2) is 0 Å². The highest BCUT2D eigenvalue weighted by Gasteiger charge is 2.02. The lowest BCUT2D eigenvalue weighted by molar-refractivity contribution is 0.474. The number of benzene rings is 1. The molecule has 2 heteroatoms. The highest BCUT2D eigenvalue weighted by molar-refractivity contribution is 5.27. The molecule has 1 aromatic carbocycles. The van der Waals surface area contributed by atoms with Crippen LogP contribution >= 0.6 is 0 Å². The molecule has 0 amide bonds. The van der Waals surface area contributed by atoms with E-state index in [9.17, 15) is 0 Å². The van der Waals surface area contributed by atoms with E-state index in [1.54, 1.807) is 12.1 Å². The molecule has 0 aromatic heterocycles. The van der Waals surface area contributed by atoms with Crippen LogP contribution in [0.1, 0.15) is 24.9 Å². The lowest BCUT2D eigenvalue weighted by Crippen LogP contribution is -2.19. The van der Waals surface area contributed by atoms with E-state index in [1.165, 1.54) is 5.56 Å². The van der Waals surface area contributed by atoms with Crippen LogP contribution in [0, 0.1) is 0 Å². The van der Waals surface area contributed by atoms with Crippen molar-refractivity contribution in [2.45, 2.75) is 19.4 Å². The van der Waals surface area contributed by atoms with E-state index in [4.69, 9.17) is 5.11 Å². The summed E-state index contributed by atoms with van der Waals surface area (Å²) < 4.78 is 0. The Morgan fingerprint density at radius 1 is 1.43 bits per heavy atom. The van der Waals surface area contributed by atoms with Crippen LogP contribution in [0.15, 0.2) is 36.9 Å². The molecular weight excluding hydrogens is 174 g/mol. The van der Waals surface area contributed by atoms with Crippen LogP contribution in [0.25, 0.3) is 0 Å². The number of phenolic OH excluding ortho intramolecular Hbond substituents is 1. The molecule has 0 aliphatic carbocycles. The van der Waals surface area contributed by atoms with Crippen molar-refractivity contribution < 1.29 is 5.11 Å². The summed E-state index contributed by atoms with van der Waals surface area (Å²) in [6.45, 7) is 6.71. The van der Waals surface area contributed by atoms with E-state index in [-0.39, 0.29) is 0 Å². The van der Waals surface area contributed by atoms with E-state index in [0.717, 1.165) is 13.0 Å². The smallest absolute Gasteiger partial charge is 0.115 e. The van der Waals surface area contributed by atoms with Gasteiger partial charge in [0.15, 0.2) is 0 Å². The number of hydrogen-bond donors (Lipinski definition) is 2. The fourth-order valence-electron chi connectivity index (χ4n) is 1.28. The van der Waals surface area contributed by atoms with Crippen molar-refractivity contribution in [2.75, 3.05) is 6.54 Å². The highest BCUT2D eigenvalue weighted by atomic mass is 16.3. The molecule has 0 aliphatic heterocycles. The molecule has 0 bridgehead atoms. The molecule has 0 saturated carbocycles. The average Bonchev–Trinajstić information content (AvgIpc) is 2.19. The van der Waals surface area contributed by atoms with E-state index in [2.05, 4.69) is 18.8 Å². The van der Waals surface area contributed by atoms with E-state index in [1.807, 2.05) is 18.2 Å². The van der Waals surface area contributed by atoms with Gasteiger partial charge in [-0.3, -0.25) is 0 Å². The van der Waals surface area contributed by atoms with Crippen molar-refractivity contribution in [1.29, 1.82) is 0 Å². The highest BCUT2D eigenvalue weighted by Crippen LogP contribution is 2.15. The number of phenols is 1.